The van der Waals surface area contributed by atoms with Gasteiger partial charge in [0.15, 0.2) is 0 Å². The lowest BCUT2D eigenvalue weighted by molar-refractivity contribution is 0.636. The fraction of sp³-hybridized carbons (Fsp3) is 0.444. The summed E-state index contributed by atoms with van der Waals surface area (Å²) in [5.74, 6) is 0.689. The third-order valence-electron chi connectivity index (χ3n) is 1.46. The Balaban J connectivity index is 2.71. The van der Waals surface area contributed by atoms with Crippen LogP contribution in [0, 0.1) is 5.92 Å². The minimum atomic E-state index is 0.689. The molecule has 0 spiro atoms. The van der Waals surface area contributed by atoms with Gasteiger partial charge in [-0.1, -0.05) is 13.8 Å². The van der Waals surface area contributed by atoms with Crippen LogP contribution in [0.5, 0.6) is 0 Å². The summed E-state index contributed by atoms with van der Waals surface area (Å²) in [6, 6.07) is 4.11. The van der Waals surface area contributed by atoms with Crippen molar-refractivity contribution in [1.82, 2.24) is 4.98 Å². The van der Waals surface area contributed by atoms with Crippen LogP contribution in [-0.4, -0.2) is 4.98 Å². The summed E-state index contributed by atoms with van der Waals surface area (Å²) < 4.78 is 0. The fourth-order valence-electron chi connectivity index (χ4n) is 1.03. The Kier molecular flexibility index (Phi) is 3.02. The maximum absolute atomic E-state index is 4.27. The van der Waals surface area contributed by atoms with E-state index in [0.717, 1.165) is 6.42 Å². The molecule has 0 bridgehead atoms. The highest BCUT2D eigenvalue weighted by atomic mass is 31.0. The molecule has 0 N–H and O–H groups in total. The van der Waals surface area contributed by atoms with Gasteiger partial charge < -0.3 is 0 Å². The standard InChI is InChI=1S/C9H14NP/c1-7(2)5-8-6-9(11)3-4-10-8/h3-4,6-7H,5,11H2,1-2H3. The van der Waals surface area contributed by atoms with Gasteiger partial charge in [-0.05, 0) is 29.8 Å². The lowest BCUT2D eigenvalue weighted by Gasteiger charge is -2.03. The molecule has 1 aromatic rings. The lowest BCUT2D eigenvalue weighted by atomic mass is 10.1. The molecule has 0 aliphatic carbocycles. The number of hydrogen-bond donors (Lipinski definition) is 0. The van der Waals surface area contributed by atoms with Crippen molar-refractivity contribution in [2.24, 2.45) is 5.92 Å². The van der Waals surface area contributed by atoms with Crippen molar-refractivity contribution >= 4 is 14.5 Å². The Morgan fingerprint density at radius 1 is 1.55 bits per heavy atom. The summed E-state index contributed by atoms with van der Waals surface area (Å²) in [4.78, 5) is 4.27. The van der Waals surface area contributed by atoms with E-state index < -0.39 is 0 Å². The van der Waals surface area contributed by atoms with E-state index in [-0.39, 0.29) is 0 Å². The molecule has 0 amide bonds. The first-order valence-electron chi connectivity index (χ1n) is 3.89. The molecule has 0 saturated heterocycles. The summed E-state index contributed by atoms with van der Waals surface area (Å²) in [5, 5.41) is 1.22. The van der Waals surface area contributed by atoms with Crippen molar-refractivity contribution in [2.75, 3.05) is 0 Å². The van der Waals surface area contributed by atoms with Gasteiger partial charge in [0.05, 0.1) is 0 Å². The molecule has 0 aliphatic rings. The summed E-state index contributed by atoms with van der Waals surface area (Å²) in [5.41, 5.74) is 1.19. The second-order valence-electron chi connectivity index (χ2n) is 3.18. The normalized spacial score (nSPS) is 10.5. The van der Waals surface area contributed by atoms with E-state index in [0.29, 0.717) is 5.92 Å². The van der Waals surface area contributed by atoms with Gasteiger partial charge >= 0.3 is 0 Å². The second kappa shape index (κ2) is 3.82. The molecule has 0 fully saturated rings. The van der Waals surface area contributed by atoms with Gasteiger partial charge in [0.2, 0.25) is 0 Å². The Morgan fingerprint density at radius 3 is 2.82 bits per heavy atom. The quantitative estimate of drug-likeness (QED) is 0.612. The first kappa shape index (κ1) is 8.67. The number of rotatable bonds is 2. The average molecular weight is 167 g/mol. The molecular formula is C9H14NP. The highest BCUT2D eigenvalue weighted by molar-refractivity contribution is 7.27. The van der Waals surface area contributed by atoms with E-state index in [9.17, 15) is 0 Å². The van der Waals surface area contributed by atoms with Crippen molar-refractivity contribution in [1.29, 1.82) is 0 Å². The van der Waals surface area contributed by atoms with Crippen LogP contribution in [0.4, 0.5) is 0 Å². The topological polar surface area (TPSA) is 12.9 Å². The molecule has 0 aromatic carbocycles. The molecule has 1 unspecified atom stereocenters. The van der Waals surface area contributed by atoms with Crippen molar-refractivity contribution in [3.63, 3.8) is 0 Å². The zero-order valence-corrected chi connectivity index (χ0v) is 8.20. The van der Waals surface area contributed by atoms with Crippen molar-refractivity contribution in [3.05, 3.63) is 24.0 Å². The van der Waals surface area contributed by atoms with Gasteiger partial charge in [0.1, 0.15) is 0 Å². The Labute approximate surface area is 70.4 Å². The zero-order valence-electron chi connectivity index (χ0n) is 7.04. The predicted octanol–water partition coefficient (Wildman–Crippen LogP) is 1.78. The first-order valence-corrected chi connectivity index (χ1v) is 4.46. The van der Waals surface area contributed by atoms with Crippen LogP contribution >= 0.6 is 9.24 Å². The summed E-state index contributed by atoms with van der Waals surface area (Å²) in [6.45, 7) is 4.41. The van der Waals surface area contributed by atoms with Gasteiger partial charge in [-0.15, -0.1) is 9.24 Å². The van der Waals surface area contributed by atoms with Crippen molar-refractivity contribution in [2.45, 2.75) is 20.3 Å². The molecule has 0 radical (unpaired) electrons. The van der Waals surface area contributed by atoms with E-state index in [1.165, 1.54) is 11.0 Å². The number of nitrogens with zero attached hydrogens (tertiary/aromatic N) is 1. The van der Waals surface area contributed by atoms with Gasteiger partial charge in [0, 0.05) is 11.9 Å². The predicted molar refractivity (Wildman–Crippen MR) is 52.1 cm³/mol. The molecule has 1 aromatic heterocycles. The maximum atomic E-state index is 4.27. The van der Waals surface area contributed by atoms with E-state index in [1.807, 2.05) is 12.3 Å². The van der Waals surface area contributed by atoms with Gasteiger partial charge in [-0.25, -0.2) is 0 Å². The smallest absolute Gasteiger partial charge is 0.0412 e. The minimum Gasteiger partial charge on any atom is -0.261 e. The lowest BCUT2D eigenvalue weighted by Crippen LogP contribution is -2.00. The summed E-state index contributed by atoms with van der Waals surface area (Å²) >= 11 is 0. The Morgan fingerprint density at radius 2 is 2.27 bits per heavy atom. The van der Waals surface area contributed by atoms with Crippen LogP contribution < -0.4 is 5.30 Å². The van der Waals surface area contributed by atoms with E-state index in [2.05, 4.69) is 34.1 Å². The SMILES string of the molecule is CC(C)Cc1cc(P)ccn1. The monoisotopic (exact) mass is 167 g/mol. The first-order chi connectivity index (χ1) is 5.18. The minimum absolute atomic E-state index is 0.689. The summed E-state index contributed by atoms with van der Waals surface area (Å²) in [7, 11) is 2.68. The largest absolute Gasteiger partial charge is 0.261 e. The molecule has 1 nitrogen and oxygen atoms in total. The highest BCUT2D eigenvalue weighted by Gasteiger charge is 1.97. The number of aromatic nitrogens is 1. The van der Waals surface area contributed by atoms with Gasteiger partial charge in [-0.3, -0.25) is 4.98 Å². The van der Waals surface area contributed by atoms with Gasteiger partial charge in [-0.2, -0.15) is 0 Å². The summed E-state index contributed by atoms with van der Waals surface area (Å²) in [6.07, 6.45) is 2.93. The van der Waals surface area contributed by atoms with E-state index in [4.69, 9.17) is 0 Å². The van der Waals surface area contributed by atoms with E-state index in [1.54, 1.807) is 0 Å². The number of pyridine rings is 1. The van der Waals surface area contributed by atoms with Crippen LogP contribution in [0.2, 0.25) is 0 Å². The zero-order chi connectivity index (χ0) is 8.27. The molecule has 60 valence electrons. The van der Waals surface area contributed by atoms with Crippen LogP contribution in [0.25, 0.3) is 0 Å². The molecule has 1 atom stereocenters. The van der Waals surface area contributed by atoms with E-state index >= 15 is 0 Å². The Bertz CT molecular complexity index is 233. The van der Waals surface area contributed by atoms with Crippen LogP contribution in [0.3, 0.4) is 0 Å². The third kappa shape index (κ3) is 2.98. The highest BCUT2D eigenvalue weighted by Crippen LogP contribution is 2.03. The molecule has 1 heterocycles. The van der Waals surface area contributed by atoms with Crippen LogP contribution in [0.15, 0.2) is 18.3 Å². The molecular weight excluding hydrogens is 153 g/mol. The van der Waals surface area contributed by atoms with Crippen LogP contribution in [0.1, 0.15) is 19.5 Å². The van der Waals surface area contributed by atoms with Crippen molar-refractivity contribution < 1.29 is 0 Å². The average Bonchev–Trinajstić information content (AvgIpc) is 1.85. The maximum Gasteiger partial charge on any atom is 0.0412 e. The number of hydrogen-bond acceptors (Lipinski definition) is 1. The molecule has 0 saturated carbocycles. The van der Waals surface area contributed by atoms with Crippen molar-refractivity contribution in [3.8, 4) is 0 Å². The molecule has 0 aliphatic heterocycles. The molecule has 1 rings (SSSR count). The third-order valence-corrected chi connectivity index (χ3v) is 1.82. The molecule has 11 heavy (non-hydrogen) atoms. The molecule has 2 heteroatoms. The van der Waals surface area contributed by atoms with Gasteiger partial charge in [0.25, 0.3) is 0 Å². The fourth-order valence-corrected chi connectivity index (χ4v) is 1.31. The van der Waals surface area contributed by atoms with Crippen LogP contribution in [-0.2, 0) is 6.42 Å². The second-order valence-corrected chi connectivity index (χ2v) is 3.85. The Hall–Kier alpha value is -0.420.